The van der Waals surface area contributed by atoms with Gasteiger partial charge in [-0.05, 0) is 30.6 Å². The fraction of sp³-hybridized carbons (Fsp3) is 0.0714. The first-order valence-corrected chi connectivity index (χ1v) is 11.6. The van der Waals surface area contributed by atoms with Gasteiger partial charge in [-0.2, -0.15) is 5.26 Å². The van der Waals surface area contributed by atoms with Gasteiger partial charge in [0.2, 0.25) is 11.6 Å². The molecule has 0 aromatic heterocycles. The predicted molar refractivity (Wildman–Crippen MR) is 125 cm³/mol. The van der Waals surface area contributed by atoms with Crippen LogP contribution < -0.4 is 0 Å². The van der Waals surface area contributed by atoms with Crippen LogP contribution in [0.4, 0.5) is 65.9 Å². The highest BCUT2D eigenvalue weighted by Crippen LogP contribution is 2.57. The molecular weight excluding hydrogens is 649 g/mol. The van der Waals surface area contributed by atoms with E-state index in [1.807, 2.05) is 5.21 Å². The van der Waals surface area contributed by atoms with Crippen molar-refractivity contribution in [3.8, 4) is 6.07 Å². The Morgan fingerprint density at radius 1 is 0.511 bits per heavy atom. The maximum atomic E-state index is 14.9. The van der Waals surface area contributed by atoms with Crippen LogP contribution in [0.3, 0.4) is 0 Å². The Hall–Kier alpha value is -5.01. The molecule has 0 amide bonds. The van der Waals surface area contributed by atoms with Gasteiger partial charge in [-0.3, -0.25) is 0 Å². The topological polar surface area (TPSA) is 36.1 Å². The van der Waals surface area contributed by atoms with Gasteiger partial charge in [-0.1, -0.05) is 9.70 Å². The first-order valence-electron chi connectivity index (χ1n) is 11.6. The summed E-state index contributed by atoms with van der Waals surface area (Å²) in [7, 11) is 0. The molecule has 4 rings (SSSR count). The molecule has 1 aliphatic carbocycles. The predicted octanol–water partition coefficient (Wildman–Crippen LogP) is 9.12. The summed E-state index contributed by atoms with van der Waals surface area (Å²) in [4.78, 5) is 0. The summed E-state index contributed by atoms with van der Waals surface area (Å²) in [6, 6.07) is 1.16. The van der Waals surface area contributed by atoms with Gasteiger partial charge in [0.1, 0.15) is 6.07 Å². The van der Waals surface area contributed by atoms with Crippen LogP contribution in [0.1, 0.15) is 29.2 Å². The second kappa shape index (κ2) is 11.5. The van der Waals surface area contributed by atoms with Gasteiger partial charge in [0.25, 0.3) is 0 Å². The number of hydrogen-bond donors (Lipinski definition) is 0. The Morgan fingerprint density at radius 2 is 0.867 bits per heavy atom. The maximum absolute atomic E-state index is 14.9. The number of benzene rings is 3. The van der Waals surface area contributed by atoms with Crippen molar-refractivity contribution in [1.29, 1.82) is 5.26 Å². The van der Waals surface area contributed by atoms with Crippen molar-refractivity contribution in [1.82, 2.24) is 0 Å². The van der Waals surface area contributed by atoms with E-state index in [-0.39, 0.29) is 6.21 Å². The number of halogens is 15. The average Bonchev–Trinajstić information content (AvgIpc) is 3.75. The largest absolute Gasteiger partial charge is 0.203 e. The first-order chi connectivity index (χ1) is 21.0. The fourth-order valence-electron chi connectivity index (χ4n) is 4.56. The zero-order chi connectivity index (χ0) is 34.0. The van der Waals surface area contributed by atoms with Gasteiger partial charge in [-0.15, -0.1) is 0 Å². The fourth-order valence-corrected chi connectivity index (χ4v) is 4.56. The molecule has 0 saturated heterocycles. The molecule has 0 radical (unpaired) electrons. The lowest BCUT2D eigenvalue weighted by molar-refractivity contribution is 0.376. The van der Waals surface area contributed by atoms with E-state index in [0.29, 0.717) is 13.8 Å². The monoisotopic (exact) mass is 656 g/mol. The SMILES string of the molecule is CC(=C1C(=C(C#N)c2c(C)c(F)c(F)c(F)c2F)C1=C(C=NF)c1c(F)c(F)c(F)c(F)c1F)c1c(F)c(F)c(F)c(F)c1F. The molecule has 3 aromatic carbocycles. The average molecular weight is 656 g/mol. The number of nitrogens with zero attached hydrogens (tertiary/aromatic N) is 2. The Kier molecular flexibility index (Phi) is 8.40. The molecule has 1 aliphatic rings. The number of hydrogen-bond acceptors (Lipinski definition) is 2. The van der Waals surface area contributed by atoms with Gasteiger partial charge in [0.15, 0.2) is 69.8 Å². The lowest BCUT2D eigenvalue weighted by Crippen LogP contribution is -2.07. The van der Waals surface area contributed by atoms with Crippen molar-refractivity contribution >= 4 is 22.9 Å². The van der Waals surface area contributed by atoms with Gasteiger partial charge < -0.3 is 0 Å². The molecule has 3 aromatic rings. The Morgan fingerprint density at radius 3 is 1.27 bits per heavy atom. The van der Waals surface area contributed by atoms with Gasteiger partial charge in [-0.25, -0.2) is 61.5 Å². The standard InChI is InChI=1S/C28H7F15N2/c1-5(11-17(31)23(37)27(41)24(38)18(11)32)10-12(7(3-44)9-6(2)15(29)21(35)22(36)16(9)30)13(10)8(4-45-43)14-19(33)25(39)28(42)26(40)20(14)34/h4H,1-2H3. The van der Waals surface area contributed by atoms with Crippen molar-refractivity contribution in [3.05, 3.63) is 120 Å². The van der Waals surface area contributed by atoms with Crippen LogP contribution in [-0.2, 0) is 0 Å². The van der Waals surface area contributed by atoms with E-state index in [0.717, 1.165) is 6.07 Å². The highest BCUT2D eigenvalue weighted by atomic mass is 19.2. The van der Waals surface area contributed by atoms with Crippen molar-refractivity contribution in [2.45, 2.75) is 13.8 Å². The van der Waals surface area contributed by atoms with Crippen molar-refractivity contribution in [2.75, 3.05) is 0 Å². The molecule has 0 aliphatic heterocycles. The molecule has 0 bridgehead atoms. The van der Waals surface area contributed by atoms with Gasteiger partial charge >= 0.3 is 0 Å². The zero-order valence-corrected chi connectivity index (χ0v) is 21.6. The van der Waals surface area contributed by atoms with Crippen LogP contribution in [-0.4, -0.2) is 6.21 Å². The summed E-state index contributed by atoms with van der Waals surface area (Å²) in [6.07, 6.45) is -0.267. The van der Waals surface area contributed by atoms with Gasteiger partial charge in [0.05, 0.1) is 22.9 Å². The minimum Gasteiger partial charge on any atom is -0.203 e. The number of nitriles is 1. The lowest BCUT2D eigenvalue weighted by Gasteiger charge is -2.10. The molecule has 0 spiro atoms. The Labute approximate surface area is 240 Å². The molecule has 0 unspecified atom stereocenters. The van der Waals surface area contributed by atoms with E-state index in [4.69, 9.17) is 0 Å². The smallest absolute Gasteiger partial charge is 0.200 e. The van der Waals surface area contributed by atoms with Crippen LogP contribution >= 0.6 is 0 Å². The van der Waals surface area contributed by atoms with E-state index in [2.05, 4.69) is 0 Å². The molecule has 2 nitrogen and oxygen atoms in total. The van der Waals surface area contributed by atoms with Crippen LogP contribution in [0.2, 0.25) is 0 Å². The molecular formula is C28H7F15N2. The summed E-state index contributed by atoms with van der Waals surface area (Å²) in [6.45, 7) is 1.11. The second-order valence-corrected chi connectivity index (χ2v) is 9.02. The summed E-state index contributed by atoms with van der Waals surface area (Å²) in [5, 5.41) is 11.7. The summed E-state index contributed by atoms with van der Waals surface area (Å²) in [5.74, 6) is -35.5. The number of allylic oxidation sites excluding steroid dienone is 6. The van der Waals surface area contributed by atoms with E-state index >= 15 is 0 Å². The molecule has 17 heteroatoms. The highest BCUT2D eigenvalue weighted by molar-refractivity contribution is 6.21. The third-order valence-corrected chi connectivity index (χ3v) is 6.69. The maximum Gasteiger partial charge on any atom is 0.200 e. The zero-order valence-electron chi connectivity index (χ0n) is 21.6. The summed E-state index contributed by atoms with van der Waals surface area (Å²) in [5.41, 5.74) is -14.0. The lowest BCUT2D eigenvalue weighted by atomic mass is 9.97. The van der Waals surface area contributed by atoms with Crippen molar-refractivity contribution < 1.29 is 65.9 Å². The van der Waals surface area contributed by atoms with Crippen molar-refractivity contribution in [2.24, 2.45) is 5.21 Å². The van der Waals surface area contributed by atoms with E-state index in [1.54, 1.807) is 0 Å². The Bertz CT molecular complexity index is 1940. The van der Waals surface area contributed by atoms with Crippen LogP contribution in [0.5, 0.6) is 0 Å². The molecule has 45 heavy (non-hydrogen) atoms. The van der Waals surface area contributed by atoms with Crippen LogP contribution in [0.15, 0.2) is 21.9 Å². The van der Waals surface area contributed by atoms with Gasteiger partial charge in [0, 0.05) is 22.3 Å². The van der Waals surface area contributed by atoms with Crippen LogP contribution in [0, 0.1) is 99.7 Å². The summed E-state index contributed by atoms with van der Waals surface area (Å²) >= 11 is 0. The molecule has 0 heterocycles. The van der Waals surface area contributed by atoms with E-state index in [1.165, 1.54) is 0 Å². The molecule has 0 N–H and O–H groups in total. The Balaban J connectivity index is 2.33. The normalized spacial score (nSPS) is 16.4. The highest BCUT2D eigenvalue weighted by Gasteiger charge is 2.44. The molecule has 0 atom stereocenters. The minimum absolute atomic E-state index is 0.267. The second-order valence-electron chi connectivity index (χ2n) is 9.02. The summed E-state index contributed by atoms with van der Waals surface area (Å²) < 4.78 is 213. The van der Waals surface area contributed by atoms with Crippen molar-refractivity contribution in [3.63, 3.8) is 0 Å². The third-order valence-electron chi connectivity index (χ3n) is 6.69. The third kappa shape index (κ3) is 4.75. The van der Waals surface area contributed by atoms with E-state index < -0.39 is 137 Å². The quantitative estimate of drug-likeness (QED) is 0.0908. The van der Waals surface area contributed by atoms with Crippen LogP contribution in [0.25, 0.3) is 16.7 Å². The number of rotatable bonds is 4. The molecule has 1 saturated carbocycles. The minimum atomic E-state index is -2.72. The first kappa shape index (κ1) is 32.9. The molecule has 234 valence electrons. The molecule has 1 fully saturated rings. The van der Waals surface area contributed by atoms with E-state index in [9.17, 15) is 71.2 Å².